The Labute approximate surface area is 121 Å². The van der Waals surface area contributed by atoms with Crippen LogP contribution in [0.3, 0.4) is 0 Å². The van der Waals surface area contributed by atoms with Gasteiger partial charge in [0.2, 0.25) is 0 Å². The number of hydrogen-bond acceptors (Lipinski definition) is 2. The van der Waals surface area contributed by atoms with Crippen molar-refractivity contribution in [2.24, 2.45) is 0 Å². The molecule has 1 aromatic carbocycles. The average molecular weight is 269 g/mol. The minimum absolute atomic E-state index is 0.372. The average Bonchev–Trinajstić information content (AvgIpc) is 2.84. The Morgan fingerprint density at radius 3 is 2.95 bits per heavy atom. The molecule has 0 aliphatic carbocycles. The predicted octanol–water partition coefficient (Wildman–Crippen LogP) is 3.86. The molecule has 1 aliphatic rings. The fourth-order valence-corrected chi connectivity index (χ4v) is 3.06. The minimum atomic E-state index is 0.372. The molecule has 2 aromatic rings. The number of hydrogen-bond donors (Lipinski definition) is 1. The maximum absolute atomic E-state index is 4.82. The maximum Gasteiger partial charge on any atom is 0.125 e. The van der Waals surface area contributed by atoms with E-state index in [-0.39, 0.29) is 0 Å². The zero-order valence-corrected chi connectivity index (χ0v) is 12.6. The minimum Gasteiger partial charge on any atom is -0.370 e. The number of nitrogens with zero attached hydrogens (tertiary/aromatic N) is 2. The number of anilines is 1. The van der Waals surface area contributed by atoms with Crippen molar-refractivity contribution in [2.75, 3.05) is 11.9 Å². The van der Waals surface area contributed by atoms with Crippen LogP contribution in [0.15, 0.2) is 24.3 Å². The Bertz CT molecular complexity index is 613. The highest BCUT2D eigenvalue weighted by molar-refractivity contribution is 5.43. The Hall–Kier alpha value is -1.77. The van der Waals surface area contributed by atoms with Gasteiger partial charge in [0, 0.05) is 12.6 Å². The van der Waals surface area contributed by atoms with Gasteiger partial charge in [0.15, 0.2) is 0 Å². The first-order chi connectivity index (χ1) is 9.69. The van der Waals surface area contributed by atoms with Crippen LogP contribution in [0.25, 0.3) is 0 Å². The van der Waals surface area contributed by atoms with Crippen molar-refractivity contribution in [3.63, 3.8) is 0 Å². The lowest BCUT2D eigenvalue weighted by Gasteiger charge is -2.27. The second-order valence-corrected chi connectivity index (χ2v) is 5.81. The van der Waals surface area contributed by atoms with E-state index in [9.17, 15) is 0 Å². The smallest absolute Gasteiger partial charge is 0.125 e. The first-order valence-electron chi connectivity index (χ1n) is 7.58. The van der Waals surface area contributed by atoms with Gasteiger partial charge in [-0.25, -0.2) is 4.68 Å². The Morgan fingerprint density at radius 2 is 2.15 bits per heavy atom. The summed E-state index contributed by atoms with van der Waals surface area (Å²) in [6, 6.07) is 9.31. The number of aromatic nitrogens is 2. The fourth-order valence-electron chi connectivity index (χ4n) is 3.06. The van der Waals surface area contributed by atoms with Crippen LogP contribution in [0, 0.1) is 13.8 Å². The Kier molecular flexibility index (Phi) is 3.51. The first-order valence-corrected chi connectivity index (χ1v) is 7.58. The summed E-state index contributed by atoms with van der Waals surface area (Å²) in [5, 5.41) is 8.30. The molecule has 0 saturated carbocycles. The highest BCUT2D eigenvalue weighted by atomic mass is 15.4. The van der Waals surface area contributed by atoms with Crippen LogP contribution in [0.5, 0.6) is 0 Å². The van der Waals surface area contributed by atoms with Crippen molar-refractivity contribution in [3.8, 4) is 0 Å². The van der Waals surface area contributed by atoms with Gasteiger partial charge in [-0.2, -0.15) is 5.10 Å². The molecule has 20 heavy (non-hydrogen) atoms. The van der Waals surface area contributed by atoms with Gasteiger partial charge in [-0.15, -0.1) is 0 Å². The number of fused-ring (bicyclic) bond motifs is 1. The van der Waals surface area contributed by atoms with Gasteiger partial charge < -0.3 is 5.32 Å². The summed E-state index contributed by atoms with van der Waals surface area (Å²) >= 11 is 0. The van der Waals surface area contributed by atoms with Crippen LogP contribution < -0.4 is 5.32 Å². The summed E-state index contributed by atoms with van der Waals surface area (Å²) in [6.45, 7) is 7.59. The summed E-state index contributed by atoms with van der Waals surface area (Å²) in [6.07, 6.45) is 3.30. The molecular formula is C17H23N3. The van der Waals surface area contributed by atoms with Crippen molar-refractivity contribution >= 4 is 5.82 Å². The fraction of sp³-hybridized carbons (Fsp3) is 0.471. The van der Waals surface area contributed by atoms with Crippen molar-refractivity contribution < 1.29 is 0 Å². The molecule has 0 amide bonds. The quantitative estimate of drug-likeness (QED) is 0.917. The van der Waals surface area contributed by atoms with Crippen molar-refractivity contribution in [2.45, 2.75) is 46.1 Å². The number of benzene rings is 1. The van der Waals surface area contributed by atoms with Gasteiger partial charge in [-0.1, -0.05) is 37.1 Å². The maximum atomic E-state index is 4.82. The van der Waals surface area contributed by atoms with E-state index in [2.05, 4.69) is 55.0 Å². The molecule has 1 unspecified atom stereocenters. The van der Waals surface area contributed by atoms with Crippen LogP contribution in [-0.4, -0.2) is 16.3 Å². The molecule has 1 N–H and O–H groups in total. The molecule has 3 heteroatoms. The summed E-state index contributed by atoms with van der Waals surface area (Å²) < 4.78 is 2.19. The molecule has 0 bridgehead atoms. The highest BCUT2D eigenvalue weighted by Crippen LogP contribution is 2.32. The van der Waals surface area contributed by atoms with Crippen LogP contribution in [0.1, 0.15) is 48.2 Å². The molecule has 3 rings (SSSR count). The van der Waals surface area contributed by atoms with E-state index in [0.29, 0.717) is 6.04 Å². The summed E-state index contributed by atoms with van der Waals surface area (Å²) in [5.41, 5.74) is 5.30. The highest BCUT2D eigenvalue weighted by Gasteiger charge is 2.24. The summed E-state index contributed by atoms with van der Waals surface area (Å²) in [5.74, 6) is 1.17. The SMILES string of the molecule is CCCc1cc2n(n1)C(c1cc(C)ccc1C)CCN2. The van der Waals surface area contributed by atoms with Crippen LogP contribution in [-0.2, 0) is 6.42 Å². The molecule has 1 aromatic heterocycles. The molecule has 0 radical (unpaired) electrons. The van der Waals surface area contributed by atoms with Crippen molar-refractivity contribution in [1.82, 2.24) is 9.78 Å². The topological polar surface area (TPSA) is 29.9 Å². The second kappa shape index (κ2) is 5.31. The zero-order chi connectivity index (χ0) is 14.1. The van der Waals surface area contributed by atoms with E-state index in [1.165, 1.54) is 28.2 Å². The third-order valence-corrected chi connectivity index (χ3v) is 4.11. The molecule has 1 atom stereocenters. The van der Waals surface area contributed by atoms with Gasteiger partial charge in [0.1, 0.15) is 5.82 Å². The number of aryl methyl sites for hydroxylation is 3. The number of rotatable bonds is 3. The van der Waals surface area contributed by atoms with E-state index in [1.807, 2.05) is 0 Å². The second-order valence-electron chi connectivity index (χ2n) is 5.81. The van der Waals surface area contributed by atoms with Crippen LogP contribution >= 0.6 is 0 Å². The van der Waals surface area contributed by atoms with Crippen LogP contribution in [0.2, 0.25) is 0 Å². The van der Waals surface area contributed by atoms with Crippen molar-refractivity contribution in [1.29, 1.82) is 0 Å². The lowest BCUT2D eigenvalue weighted by Crippen LogP contribution is -2.25. The molecular weight excluding hydrogens is 246 g/mol. The summed E-state index contributed by atoms with van der Waals surface area (Å²) in [4.78, 5) is 0. The molecule has 2 heterocycles. The Morgan fingerprint density at radius 1 is 1.30 bits per heavy atom. The molecule has 3 nitrogen and oxygen atoms in total. The van der Waals surface area contributed by atoms with E-state index < -0.39 is 0 Å². The third kappa shape index (κ3) is 2.33. The van der Waals surface area contributed by atoms with Gasteiger partial charge >= 0.3 is 0 Å². The van der Waals surface area contributed by atoms with Gasteiger partial charge in [-0.3, -0.25) is 0 Å². The molecule has 0 spiro atoms. The largest absolute Gasteiger partial charge is 0.370 e. The standard InChI is InChI=1S/C17H23N3/c1-4-5-14-11-17-18-9-8-16(20(17)19-14)15-10-12(2)6-7-13(15)3/h6-7,10-11,16,18H,4-5,8-9H2,1-3H3. The molecule has 1 aliphatic heterocycles. The predicted molar refractivity (Wildman–Crippen MR) is 83.4 cm³/mol. The van der Waals surface area contributed by atoms with Crippen molar-refractivity contribution in [3.05, 3.63) is 46.6 Å². The van der Waals surface area contributed by atoms with Crippen LogP contribution in [0.4, 0.5) is 5.82 Å². The normalized spacial score (nSPS) is 17.6. The molecule has 106 valence electrons. The lowest BCUT2D eigenvalue weighted by atomic mass is 9.96. The molecule has 0 saturated heterocycles. The van der Waals surface area contributed by atoms with E-state index >= 15 is 0 Å². The first kappa shape index (κ1) is 13.2. The monoisotopic (exact) mass is 269 g/mol. The lowest BCUT2D eigenvalue weighted by molar-refractivity contribution is 0.476. The van der Waals surface area contributed by atoms with Gasteiger partial charge in [0.25, 0.3) is 0 Å². The zero-order valence-electron chi connectivity index (χ0n) is 12.6. The van der Waals surface area contributed by atoms with E-state index in [0.717, 1.165) is 25.8 Å². The van der Waals surface area contributed by atoms with Gasteiger partial charge in [0.05, 0.1) is 11.7 Å². The summed E-state index contributed by atoms with van der Waals surface area (Å²) in [7, 11) is 0. The Balaban J connectivity index is 2.02. The molecule has 0 fully saturated rings. The third-order valence-electron chi connectivity index (χ3n) is 4.11. The van der Waals surface area contributed by atoms with E-state index in [4.69, 9.17) is 5.10 Å². The number of nitrogens with one attached hydrogen (secondary N) is 1. The van der Waals surface area contributed by atoms with Gasteiger partial charge in [-0.05, 0) is 37.8 Å². The van der Waals surface area contributed by atoms with E-state index in [1.54, 1.807) is 0 Å².